The van der Waals surface area contributed by atoms with Crippen LogP contribution in [0.25, 0.3) is 0 Å². The topological polar surface area (TPSA) is 42.4 Å². The van der Waals surface area contributed by atoms with Crippen LogP contribution in [0.15, 0.2) is 18.3 Å². The number of hydrogen-bond donors (Lipinski definition) is 0. The summed E-state index contributed by atoms with van der Waals surface area (Å²) < 4.78 is 5.14. The van der Waals surface area contributed by atoms with Gasteiger partial charge in [-0.3, -0.25) is 9.69 Å². The van der Waals surface area contributed by atoms with Crippen LogP contribution in [0.3, 0.4) is 0 Å². The fourth-order valence-electron chi connectivity index (χ4n) is 1.22. The minimum atomic E-state index is -0.596. The maximum Gasteiger partial charge on any atom is 0.204 e. The van der Waals surface area contributed by atoms with Crippen molar-refractivity contribution in [1.82, 2.24) is 9.88 Å². The molecular formula is C12H18N2O2. The lowest BCUT2D eigenvalue weighted by molar-refractivity contribution is 0.0746. The molecule has 0 bridgehead atoms. The first kappa shape index (κ1) is 12.6. The summed E-state index contributed by atoms with van der Waals surface area (Å²) >= 11 is 0. The van der Waals surface area contributed by atoms with Gasteiger partial charge in [0.15, 0.2) is 0 Å². The minimum Gasteiger partial charge on any atom is -0.494 e. The number of aromatic nitrogens is 1. The molecule has 1 aromatic heterocycles. The summed E-state index contributed by atoms with van der Waals surface area (Å²) in [6.07, 6.45) is 1.60. The lowest BCUT2D eigenvalue weighted by Crippen LogP contribution is -2.46. The molecule has 0 aliphatic rings. The number of Topliss-reactive ketones (excluding diaryl/α,β-unsaturated/α-hetero) is 1. The highest BCUT2D eigenvalue weighted by Crippen LogP contribution is 2.23. The zero-order chi connectivity index (χ0) is 12.3. The Kier molecular flexibility index (Phi) is 3.65. The van der Waals surface area contributed by atoms with Gasteiger partial charge in [-0.1, -0.05) is 0 Å². The summed E-state index contributed by atoms with van der Waals surface area (Å²) in [4.78, 5) is 18.3. The van der Waals surface area contributed by atoms with Crippen LogP contribution in [0, 0.1) is 0 Å². The number of carbonyl (C=O) groups excluding carboxylic acids is 1. The predicted octanol–water partition coefficient (Wildman–Crippen LogP) is 1.61. The van der Waals surface area contributed by atoms with Crippen LogP contribution in [0.1, 0.15) is 24.3 Å². The first-order valence-corrected chi connectivity index (χ1v) is 5.12. The molecule has 0 fully saturated rings. The lowest BCUT2D eigenvalue weighted by Gasteiger charge is -2.30. The SMILES string of the molecule is COc1cccnc1C(=O)C(C)(C)N(C)C. The Balaban J connectivity index is 3.14. The van der Waals surface area contributed by atoms with Gasteiger partial charge in [0.25, 0.3) is 0 Å². The van der Waals surface area contributed by atoms with Crippen molar-refractivity contribution in [3.8, 4) is 5.75 Å². The predicted molar refractivity (Wildman–Crippen MR) is 62.9 cm³/mol. The van der Waals surface area contributed by atoms with Crippen LogP contribution in [0.5, 0.6) is 5.75 Å². The Morgan fingerprint density at radius 3 is 2.56 bits per heavy atom. The van der Waals surface area contributed by atoms with Gasteiger partial charge in [-0.25, -0.2) is 4.98 Å². The molecule has 4 heteroatoms. The molecule has 4 nitrogen and oxygen atoms in total. The fourth-order valence-corrected chi connectivity index (χ4v) is 1.22. The highest BCUT2D eigenvalue weighted by molar-refractivity contribution is 6.03. The van der Waals surface area contributed by atoms with Crippen molar-refractivity contribution >= 4 is 5.78 Å². The Labute approximate surface area is 96.2 Å². The van der Waals surface area contributed by atoms with Crippen LogP contribution in [0.4, 0.5) is 0 Å². The van der Waals surface area contributed by atoms with Crippen LogP contribution < -0.4 is 4.74 Å². The first-order chi connectivity index (χ1) is 7.41. The van der Waals surface area contributed by atoms with E-state index in [1.54, 1.807) is 18.3 Å². The molecule has 0 amide bonds. The second-order valence-corrected chi connectivity index (χ2v) is 4.34. The van der Waals surface area contributed by atoms with E-state index in [1.165, 1.54) is 7.11 Å². The van der Waals surface area contributed by atoms with Gasteiger partial charge < -0.3 is 4.74 Å². The van der Waals surface area contributed by atoms with Gasteiger partial charge in [-0.05, 0) is 40.1 Å². The first-order valence-electron chi connectivity index (χ1n) is 5.12. The van der Waals surface area contributed by atoms with Gasteiger partial charge in [0.05, 0.1) is 12.6 Å². The molecule has 1 aromatic rings. The molecule has 0 radical (unpaired) electrons. The van der Waals surface area contributed by atoms with E-state index in [0.717, 1.165) is 0 Å². The highest BCUT2D eigenvalue weighted by atomic mass is 16.5. The Morgan fingerprint density at radius 1 is 1.44 bits per heavy atom. The fraction of sp³-hybridized carbons (Fsp3) is 0.500. The number of carbonyl (C=O) groups is 1. The third kappa shape index (κ3) is 2.22. The van der Waals surface area contributed by atoms with Crippen LogP contribution >= 0.6 is 0 Å². The smallest absolute Gasteiger partial charge is 0.204 e. The van der Waals surface area contributed by atoms with Crippen molar-refractivity contribution in [2.75, 3.05) is 21.2 Å². The number of rotatable bonds is 4. The van der Waals surface area contributed by atoms with Crippen molar-refractivity contribution in [2.45, 2.75) is 19.4 Å². The van der Waals surface area contributed by atoms with Crippen molar-refractivity contribution in [3.05, 3.63) is 24.0 Å². The van der Waals surface area contributed by atoms with E-state index in [9.17, 15) is 4.79 Å². The largest absolute Gasteiger partial charge is 0.494 e. The average Bonchev–Trinajstić information content (AvgIpc) is 2.27. The highest BCUT2D eigenvalue weighted by Gasteiger charge is 2.33. The van der Waals surface area contributed by atoms with E-state index in [4.69, 9.17) is 4.74 Å². The molecule has 0 spiro atoms. The minimum absolute atomic E-state index is 0.0463. The molecule has 0 unspecified atom stereocenters. The number of ketones is 1. The van der Waals surface area contributed by atoms with Gasteiger partial charge in [0.1, 0.15) is 11.4 Å². The molecule has 0 aliphatic heterocycles. The summed E-state index contributed by atoms with van der Waals surface area (Å²) in [6.45, 7) is 3.73. The number of nitrogens with zero attached hydrogens (tertiary/aromatic N) is 2. The van der Waals surface area contributed by atoms with Gasteiger partial charge in [0, 0.05) is 6.20 Å². The number of hydrogen-bond acceptors (Lipinski definition) is 4. The van der Waals surface area contributed by atoms with Gasteiger partial charge in [-0.15, -0.1) is 0 Å². The van der Waals surface area contributed by atoms with Gasteiger partial charge in [-0.2, -0.15) is 0 Å². The molecule has 16 heavy (non-hydrogen) atoms. The maximum atomic E-state index is 12.3. The molecule has 0 atom stereocenters. The van der Waals surface area contributed by atoms with E-state index in [2.05, 4.69) is 4.98 Å². The number of likely N-dealkylation sites (N-methyl/N-ethyl adjacent to an activating group) is 1. The van der Waals surface area contributed by atoms with E-state index in [1.807, 2.05) is 32.8 Å². The summed E-state index contributed by atoms with van der Waals surface area (Å²) in [7, 11) is 5.27. The summed E-state index contributed by atoms with van der Waals surface area (Å²) in [6, 6.07) is 3.49. The summed E-state index contributed by atoms with van der Waals surface area (Å²) in [5.74, 6) is 0.470. The number of ether oxygens (including phenoxy) is 1. The normalized spacial score (nSPS) is 11.6. The molecule has 1 heterocycles. The summed E-state index contributed by atoms with van der Waals surface area (Å²) in [5.41, 5.74) is -0.217. The molecule has 0 aliphatic carbocycles. The quantitative estimate of drug-likeness (QED) is 0.726. The van der Waals surface area contributed by atoms with E-state index >= 15 is 0 Å². The Morgan fingerprint density at radius 2 is 2.06 bits per heavy atom. The molecule has 0 aromatic carbocycles. The van der Waals surface area contributed by atoms with Gasteiger partial charge in [0.2, 0.25) is 5.78 Å². The standard InChI is InChI=1S/C12H18N2O2/c1-12(2,14(3)4)11(15)10-9(16-5)7-6-8-13-10/h6-8H,1-5H3. The van der Waals surface area contributed by atoms with Crippen molar-refractivity contribution in [2.24, 2.45) is 0 Å². The summed E-state index contributed by atoms with van der Waals surface area (Å²) in [5, 5.41) is 0. The third-order valence-corrected chi connectivity index (χ3v) is 2.88. The van der Waals surface area contributed by atoms with Crippen molar-refractivity contribution in [3.63, 3.8) is 0 Å². The third-order valence-electron chi connectivity index (χ3n) is 2.88. The lowest BCUT2D eigenvalue weighted by atomic mass is 9.94. The Bertz CT molecular complexity index is 386. The van der Waals surface area contributed by atoms with Crippen LogP contribution in [-0.4, -0.2) is 42.4 Å². The number of pyridine rings is 1. The zero-order valence-electron chi connectivity index (χ0n) is 10.4. The van der Waals surface area contributed by atoms with E-state index < -0.39 is 5.54 Å². The van der Waals surface area contributed by atoms with Crippen molar-refractivity contribution in [1.29, 1.82) is 0 Å². The van der Waals surface area contributed by atoms with Crippen LogP contribution in [-0.2, 0) is 0 Å². The number of methoxy groups -OCH3 is 1. The van der Waals surface area contributed by atoms with E-state index in [-0.39, 0.29) is 5.78 Å². The monoisotopic (exact) mass is 222 g/mol. The van der Waals surface area contributed by atoms with Crippen molar-refractivity contribution < 1.29 is 9.53 Å². The molecule has 88 valence electrons. The van der Waals surface area contributed by atoms with Gasteiger partial charge >= 0.3 is 0 Å². The maximum absolute atomic E-state index is 12.3. The second kappa shape index (κ2) is 4.61. The average molecular weight is 222 g/mol. The second-order valence-electron chi connectivity index (χ2n) is 4.34. The molecule has 0 saturated heterocycles. The molecule has 0 saturated carbocycles. The zero-order valence-corrected chi connectivity index (χ0v) is 10.4. The molecular weight excluding hydrogens is 204 g/mol. The Hall–Kier alpha value is -1.42. The van der Waals surface area contributed by atoms with Crippen LogP contribution in [0.2, 0.25) is 0 Å². The van der Waals surface area contributed by atoms with E-state index in [0.29, 0.717) is 11.4 Å². The molecule has 0 N–H and O–H groups in total. The molecule has 1 rings (SSSR count).